The molecule has 0 saturated heterocycles. The van der Waals surface area contributed by atoms with Crippen LogP contribution < -0.4 is 4.74 Å². The second kappa shape index (κ2) is 7.99. The average Bonchev–Trinajstić information content (AvgIpc) is 3.26. The SMILES string of the molecule is Cc1cc(-c2cn[nH]c2COc2ccc(-c3nc4ncccc4cc3C)cc2)ccn1. The second-order valence-electron chi connectivity index (χ2n) is 7.47. The summed E-state index contributed by atoms with van der Waals surface area (Å²) in [6, 6.07) is 18.1. The van der Waals surface area contributed by atoms with Crippen molar-refractivity contribution < 1.29 is 4.74 Å². The van der Waals surface area contributed by atoms with Crippen molar-refractivity contribution in [3.63, 3.8) is 0 Å². The first-order valence-electron chi connectivity index (χ1n) is 10.1. The Labute approximate surface area is 180 Å². The summed E-state index contributed by atoms with van der Waals surface area (Å²) in [5.41, 5.74) is 7.81. The Bertz CT molecular complexity index is 1360. The van der Waals surface area contributed by atoms with Crippen molar-refractivity contribution in [3.8, 4) is 28.1 Å². The molecule has 5 aromatic rings. The zero-order valence-electron chi connectivity index (χ0n) is 17.3. The molecule has 4 heterocycles. The number of aromatic nitrogens is 5. The van der Waals surface area contributed by atoms with Crippen molar-refractivity contribution in [2.24, 2.45) is 0 Å². The van der Waals surface area contributed by atoms with E-state index in [0.717, 1.165) is 56.1 Å². The molecule has 0 fully saturated rings. The molecule has 1 aromatic carbocycles. The highest BCUT2D eigenvalue weighted by Gasteiger charge is 2.10. The molecule has 6 heteroatoms. The number of benzene rings is 1. The Morgan fingerprint density at radius 2 is 1.77 bits per heavy atom. The Kier molecular flexibility index (Phi) is 4.88. The minimum atomic E-state index is 0.396. The molecule has 4 aromatic heterocycles. The van der Waals surface area contributed by atoms with Gasteiger partial charge >= 0.3 is 0 Å². The second-order valence-corrected chi connectivity index (χ2v) is 7.47. The number of aryl methyl sites for hydroxylation is 2. The molecule has 0 aliphatic carbocycles. The molecule has 31 heavy (non-hydrogen) atoms. The van der Waals surface area contributed by atoms with Crippen LogP contribution in [0.3, 0.4) is 0 Å². The van der Waals surface area contributed by atoms with Crippen LogP contribution in [0.1, 0.15) is 17.0 Å². The van der Waals surface area contributed by atoms with E-state index in [1.165, 1.54) is 0 Å². The molecule has 0 aliphatic heterocycles. The lowest BCUT2D eigenvalue weighted by Crippen LogP contribution is -1.98. The van der Waals surface area contributed by atoms with E-state index >= 15 is 0 Å². The van der Waals surface area contributed by atoms with E-state index in [2.05, 4.69) is 33.2 Å². The van der Waals surface area contributed by atoms with Gasteiger partial charge in [-0.2, -0.15) is 5.10 Å². The monoisotopic (exact) mass is 407 g/mol. The van der Waals surface area contributed by atoms with Gasteiger partial charge in [-0.3, -0.25) is 10.1 Å². The van der Waals surface area contributed by atoms with Crippen LogP contribution >= 0.6 is 0 Å². The zero-order valence-corrected chi connectivity index (χ0v) is 17.3. The van der Waals surface area contributed by atoms with E-state index in [1.807, 2.05) is 61.7 Å². The van der Waals surface area contributed by atoms with Gasteiger partial charge in [-0.25, -0.2) is 9.97 Å². The summed E-state index contributed by atoms with van der Waals surface area (Å²) in [6.45, 7) is 4.44. The third-order valence-electron chi connectivity index (χ3n) is 5.22. The highest BCUT2D eigenvalue weighted by molar-refractivity contribution is 5.80. The number of nitrogens with zero attached hydrogens (tertiary/aromatic N) is 4. The highest BCUT2D eigenvalue weighted by atomic mass is 16.5. The standard InChI is InChI=1S/C25H21N5O/c1-16-12-20-4-3-10-27-25(20)29-24(16)18-5-7-21(8-6-18)31-15-23-22(14-28-30-23)19-9-11-26-17(2)13-19/h3-14H,15H2,1-2H3,(H,28,30). The van der Waals surface area contributed by atoms with Crippen LogP contribution in [0.25, 0.3) is 33.4 Å². The lowest BCUT2D eigenvalue weighted by molar-refractivity contribution is 0.301. The van der Waals surface area contributed by atoms with Gasteiger partial charge < -0.3 is 4.74 Å². The maximum absolute atomic E-state index is 6.01. The molecule has 1 N–H and O–H groups in total. The van der Waals surface area contributed by atoms with Gasteiger partial charge in [0.2, 0.25) is 0 Å². The number of ether oxygens (including phenoxy) is 1. The summed E-state index contributed by atoms with van der Waals surface area (Å²) in [5.74, 6) is 0.784. The molecule has 0 saturated carbocycles. The van der Waals surface area contributed by atoms with E-state index in [1.54, 1.807) is 12.4 Å². The van der Waals surface area contributed by atoms with Crippen LogP contribution in [0, 0.1) is 13.8 Å². The summed E-state index contributed by atoms with van der Waals surface area (Å²) in [4.78, 5) is 13.4. The van der Waals surface area contributed by atoms with Crippen LogP contribution in [-0.2, 0) is 6.61 Å². The first-order chi connectivity index (χ1) is 15.2. The zero-order chi connectivity index (χ0) is 21.2. The fraction of sp³-hybridized carbons (Fsp3) is 0.120. The van der Waals surface area contributed by atoms with Gasteiger partial charge in [0.15, 0.2) is 5.65 Å². The third kappa shape index (κ3) is 3.88. The van der Waals surface area contributed by atoms with Crippen molar-refractivity contribution in [1.29, 1.82) is 0 Å². The molecule has 152 valence electrons. The molecule has 0 amide bonds. The van der Waals surface area contributed by atoms with Gasteiger partial charge in [-0.15, -0.1) is 0 Å². The van der Waals surface area contributed by atoms with Crippen molar-refractivity contribution in [3.05, 3.63) is 90.1 Å². The first-order valence-corrected chi connectivity index (χ1v) is 10.1. The van der Waals surface area contributed by atoms with Gasteiger partial charge in [-0.05, 0) is 79.6 Å². The van der Waals surface area contributed by atoms with Gasteiger partial charge in [-0.1, -0.05) is 0 Å². The number of H-pyrrole nitrogens is 1. The fourth-order valence-electron chi connectivity index (χ4n) is 3.65. The van der Waals surface area contributed by atoms with Gasteiger partial charge in [0.1, 0.15) is 12.4 Å². The number of pyridine rings is 3. The molecule has 6 nitrogen and oxygen atoms in total. The minimum absolute atomic E-state index is 0.396. The van der Waals surface area contributed by atoms with E-state index in [0.29, 0.717) is 6.61 Å². The molecule has 0 aliphatic rings. The summed E-state index contributed by atoms with van der Waals surface area (Å²) in [6.07, 6.45) is 5.39. The lowest BCUT2D eigenvalue weighted by Gasteiger charge is -2.10. The minimum Gasteiger partial charge on any atom is -0.487 e. The van der Waals surface area contributed by atoms with E-state index in [4.69, 9.17) is 9.72 Å². The number of rotatable bonds is 5. The molecule has 0 radical (unpaired) electrons. The van der Waals surface area contributed by atoms with Crippen LogP contribution in [-0.4, -0.2) is 25.1 Å². The quantitative estimate of drug-likeness (QED) is 0.429. The summed E-state index contributed by atoms with van der Waals surface area (Å²) in [7, 11) is 0. The predicted octanol–water partition coefficient (Wildman–Crippen LogP) is 5.28. The molecular formula is C25H21N5O. The molecule has 0 bridgehead atoms. The first kappa shape index (κ1) is 18.9. The Hall–Kier alpha value is -4.06. The topological polar surface area (TPSA) is 76.6 Å². The van der Waals surface area contributed by atoms with Gasteiger partial charge in [0, 0.05) is 34.6 Å². The summed E-state index contributed by atoms with van der Waals surface area (Å²) in [5, 5.41) is 8.28. The Morgan fingerprint density at radius 1 is 0.903 bits per heavy atom. The Balaban J connectivity index is 1.34. The summed E-state index contributed by atoms with van der Waals surface area (Å²) >= 11 is 0. The molecule has 0 spiro atoms. The van der Waals surface area contributed by atoms with Crippen molar-refractivity contribution in [1.82, 2.24) is 25.1 Å². The number of fused-ring (bicyclic) bond motifs is 1. The van der Waals surface area contributed by atoms with Crippen LogP contribution in [0.2, 0.25) is 0 Å². The van der Waals surface area contributed by atoms with E-state index in [-0.39, 0.29) is 0 Å². The smallest absolute Gasteiger partial charge is 0.159 e. The largest absolute Gasteiger partial charge is 0.487 e. The van der Waals surface area contributed by atoms with Crippen molar-refractivity contribution in [2.75, 3.05) is 0 Å². The predicted molar refractivity (Wildman–Crippen MR) is 121 cm³/mol. The van der Waals surface area contributed by atoms with E-state index in [9.17, 15) is 0 Å². The van der Waals surface area contributed by atoms with E-state index < -0.39 is 0 Å². The maximum atomic E-state index is 6.01. The Morgan fingerprint density at radius 3 is 2.61 bits per heavy atom. The summed E-state index contributed by atoms with van der Waals surface area (Å²) < 4.78 is 6.01. The van der Waals surface area contributed by atoms with Crippen LogP contribution in [0.5, 0.6) is 5.75 Å². The number of hydrogen-bond acceptors (Lipinski definition) is 5. The third-order valence-corrected chi connectivity index (χ3v) is 5.22. The van der Waals surface area contributed by atoms with Crippen LogP contribution in [0.15, 0.2) is 73.2 Å². The van der Waals surface area contributed by atoms with Crippen molar-refractivity contribution in [2.45, 2.75) is 20.5 Å². The maximum Gasteiger partial charge on any atom is 0.159 e. The highest BCUT2D eigenvalue weighted by Crippen LogP contribution is 2.27. The molecular weight excluding hydrogens is 386 g/mol. The average molecular weight is 407 g/mol. The van der Waals surface area contributed by atoms with Gasteiger partial charge in [0.05, 0.1) is 17.6 Å². The fourth-order valence-corrected chi connectivity index (χ4v) is 3.65. The van der Waals surface area contributed by atoms with Gasteiger partial charge in [0.25, 0.3) is 0 Å². The number of nitrogens with one attached hydrogen (secondary N) is 1. The molecule has 0 unspecified atom stereocenters. The molecule has 5 rings (SSSR count). The van der Waals surface area contributed by atoms with Crippen molar-refractivity contribution >= 4 is 11.0 Å². The van der Waals surface area contributed by atoms with Crippen LogP contribution in [0.4, 0.5) is 0 Å². The normalized spacial score (nSPS) is 11.0. The number of aromatic amines is 1. The lowest BCUT2D eigenvalue weighted by atomic mass is 10.1. The number of hydrogen-bond donors (Lipinski definition) is 1. The molecule has 0 atom stereocenters.